The highest BCUT2D eigenvalue weighted by Crippen LogP contribution is 2.25. The summed E-state index contributed by atoms with van der Waals surface area (Å²) in [5.74, 6) is 0.707. The van der Waals surface area contributed by atoms with Crippen molar-refractivity contribution >= 4 is 28.8 Å². The van der Waals surface area contributed by atoms with Gasteiger partial charge in [0, 0.05) is 0 Å². The van der Waals surface area contributed by atoms with Crippen LogP contribution in [0.4, 0.5) is 0 Å². The summed E-state index contributed by atoms with van der Waals surface area (Å²) in [4.78, 5) is 19.3. The van der Waals surface area contributed by atoms with Gasteiger partial charge in [0.1, 0.15) is 11.3 Å². The van der Waals surface area contributed by atoms with Gasteiger partial charge in [-0.05, 0) is 30.7 Å². The normalized spacial score (nSPS) is 11.0. The van der Waals surface area contributed by atoms with Gasteiger partial charge in [0.2, 0.25) is 0 Å². The quantitative estimate of drug-likeness (QED) is 0.589. The molecular weight excluding hydrogens is 288 g/mol. The number of furan rings is 1. The maximum absolute atomic E-state index is 11.6. The first-order valence-electron chi connectivity index (χ1n) is 6.41. The number of carbonyl (C=O) groups excluding carboxylic acids is 1. The number of aromatic nitrogens is 2. The van der Waals surface area contributed by atoms with Gasteiger partial charge in [-0.3, -0.25) is 0 Å². The second-order valence-electron chi connectivity index (χ2n) is 4.60. The average Bonchev–Trinajstić information content (AvgIpc) is 3.09. The zero-order valence-corrected chi connectivity index (χ0v) is 12.5. The molecule has 108 valence electrons. The van der Waals surface area contributed by atoms with Crippen LogP contribution in [0.1, 0.15) is 21.7 Å². The summed E-state index contributed by atoms with van der Waals surface area (Å²) in [6, 6.07) is 7.68. The number of carbonyl (C=O) groups is 1. The van der Waals surface area contributed by atoms with Crippen LogP contribution in [-0.2, 0) is 10.5 Å². The van der Waals surface area contributed by atoms with Gasteiger partial charge in [-0.15, -0.1) is 0 Å². The fourth-order valence-electron chi connectivity index (χ4n) is 2.05. The molecule has 0 saturated heterocycles. The van der Waals surface area contributed by atoms with Crippen LogP contribution in [0.5, 0.6) is 0 Å². The minimum absolute atomic E-state index is 0.389. The first kappa shape index (κ1) is 13.8. The molecule has 0 aliphatic rings. The first-order chi connectivity index (χ1) is 10.2. The molecule has 3 aromatic rings. The van der Waals surface area contributed by atoms with E-state index in [0.717, 1.165) is 16.2 Å². The van der Waals surface area contributed by atoms with Crippen LogP contribution in [0.3, 0.4) is 0 Å². The van der Waals surface area contributed by atoms with Gasteiger partial charge < -0.3 is 14.1 Å². The standard InChI is InChI=1S/C15H14N2O3S/c1-9-3-4-11-12(7-9)17-15(16-11)21-8-13-10(5-6-20-13)14(18)19-2/h3-7H,8H2,1-2H3,(H,16,17). The molecule has 0 spiro atoms. The second-order valence-corrected chi connectivity index (χ2v) is 5.56. The van der Waals surface area contributed by atoms with Gasteiger partial charge in [0.15, 0.2) is 5.16 Å². The number of methoxy groups -OCH3 is 1. The van der Waals surface area contributed by atoms with Gasteiger partial charge in [-0.2, -0.15) is 0 Å². The fourth-order valence-corrected chi connectivity index (χ4v) is 2.88. The minimum atomic E-state index is -0.389. The van der Waals surface area contributed by atoms with Crippen molar-refractivity contribution in [2.24, 2.45) is 0 Å². The molecule has 2 heterocycles. The highest BCUT2D eigenvalue weighted by atomic mass is 32.2. The van der Waals surface area contributed by atoms with E-state index in [1.165, 1.54) is 30.7 Å². The largest absolute Gasteiger partial charge is 0.468 e. The monoisotopic (exact) mass is 302 g/mol. The molecule has 2 aromatic heterocycles. The van der Waals surface area contributed by atoms with Crippen molar-refractivity contribution in [1.29, 1.82) is 0 Å². The molecule has 5 nitrogen and oxygen atoms in total. The maximum Gasteiger partial charge on any atom is 0.341 e. The summed E-state index contributed by atoms with van der Waals surface area (Å²) in [6.07, 6.45) is 1.49. The Labute approximate surface area is 125 Å². The van der Waals surface area contributed by atoms with E-state index < -0.39 is 0 Å². The zero-order chi connectivity index (χ0) is 14.8. The van der Waals surface area contributed by atoms with Crippen LogP contribution < -0.4 is 0 Å². The lowest BCUT2D eigenvalue weighted by Gasteiger charge is -1.99. The molecule has 0 aliphatic carbocycles. The smallest absolute Gasteiger partial charge is 0.341 e. The highest BCUT2D eigenvalue weighted by Gasteiger charge is 2.15. The van der Waals surface area contributed by atoms with Crippen LogP contribution in [-0.4, -0.2) is 23.0 Å². The summed E-state index contributed by atoms with van der Waals surface area (Å²) < 4.78 is 10.1. The van der Waals surface area contributed by atoms with Crippen molar-refractivity contribution in [3.05, 3.63) is 47.4 Å². The predicted octanol–water partition coefficient (Wildman–Crippen LogP) is 3.54. The number of rotatable bonds is 4. The van der Waals surface area contributed by atoms with Crippen LogP contribution in [0.15, 0.2) is 40.1 Å². The van der Waals surface area contributed by atoms with E-state index in [2.05, 4.69) is 16.0 Å². The Morgan fingerprint density at radius 1 is 1.43 bits per heavy atom. The van der Waals surface area contributed by atoms with Gasteiger partial charge in [0.25, 0.3) is 0 Å². The summed E-state index contributed by atoms with van der Waals surface area (Å²) >= 11 is 1.48. The lowest BCUT2D eigenvalue weighted by Crippen LogP contribution is -2.02. The molecule has 0 bridgehead atoms. The number of imidazole rings is 1. The molecule has 6 heteroatoms. The molecule has 0 atom stereocenters. The molecule has 1 aromatic carbocycles. The zero-order valence-electron chi connectivity index (χ0n) is 11.7. The van der Waals surface area contributed by atoms with Gasteiger partial charge in [-0.25, -0.2) is 9.78 Å². The average molecular weight is 302 g/mol. The molecule has 21 heavy (non-hydrogen) atoms. The molecule has 1 N–H and O–H groups in total. The summed E-state index contributed by atoms with van der Waals surface area (Å²) in [6.45, 7) is 2.04. The molecule has 0 saturated carbocycles. The number of nitrogens with one attached hydrogen (secondary N) is 1. The Balaban J connectivity index is 1.77. The Morgan fingerprint density at radius 2 is 2.29 bits per heavy atom. The van der Waals surface area contributed by atoms with Crippen molar-refractivity contribution < 1.29 is 13.9 Å². The Kier molecular flexibility index (Phi) is 3.70. The third-order valence-corrected chi connectivity index (χ3v) is 3.98. The number of aryl methyl sites for hydroxylation is 1. The molecule has 0 amide bonds. The third kappa shape index (κ3) is 2.80. The molecule has 3 rings (SSSR count). The molecule has 0 aliphatic heterocycles. The van der Waals surface area contributed by atoms with Crippen molar-refractivity contribution in [1.82, 2.24) is 9.97 Å². The van der Waals surface area contributed by atoms with E-state index in [1.54, 1.807) is 6.07 Å². The molecule has 0 radical (unpaired) electrons. The van der Waals surface area contributed by atoms with Crippen molar-refractivity contribution in [3.63, 3.8) is 0 Å². The van der Waals surface area contributed by atoms with Gasteiger partial charge in [-0.1, -0.05) is 17.8 Å². The van der Waals surface area contributed by atoms with Crippen LogP contribution >= 0.6 is 11.8 Å². The Hall–Kier alpha value is -2.21. The summed E-state index contributed by atoms with van der Waals surface area (Å²) in [7, 11) is 1.35. The number of esters is 1. The minimum Gasteiger partial charge on any atom is -0.468 e. The van der Waals surface area contributed by atoms with Crippen molar-refractivity contribution in [2.75, 3.05) is 7.11 Å². The second kappa shape index (κ2) is 5.65. The van der Waals surface area contributed by atoms with E-state index >= 15 is 0 Å². The number of thioether (sulfide) groups is 1. The first-order valence-corrected chi connectivity index (χ1v) is 7.40. The number of benzene rings is 1. The number of H-pyrrole nitrogens is 1. The Morgan fingerprint density at radius 3 is 3.10 bits per heavy atom. The number of fused-ring (bicyclic) bond motifs is 1. The summed E-state index contributed by atoms with van der Waals surface area (Å²) in [5, 5.41) is 0.794. The SMILES string of the molecule is COC(=O)c1ccoc1CSc1nc2ccc(C)cc2[nH]1. The maximum atomic E-state index is 11.6. The van der Waals surface area contributed by atoms with Gasteiger partial charge in [0.05, 0.1) is 30.2 Å². The Bertz CT molecular complexity index is 791. The molecule has 0 fully saturated rings. The molecular formula is C15H14N2O3S. The number of nitrogens with zero attached hydrogens (tertiary/aromatic N) is 1. The highest BCUT2D eigenvalue weighted by molar-refractivity contribution is 7.98. The number of ether oxygens (including phenoxy) is 1. The topological polar surface area (TPSA) is 68.1 Å². The van der Waals surface area contributed by atoms with Crippen LogP contribution in [0.2, 0.25) is 0 Å². The predicted molar refractivity (Wildman–Crippen MR) is 80.4 cm³/mol. The van der Waals surface area contributed by atoms with E-state index in [4.69, 9.17) is 9.15 Å². The fraction of sp³-hybridized carbons (Fsp3) is 0.200. The summed E-state index contributed by atoms with van der Waals surface area (Å²) in [5.41, 5.74) is 3.57. The van der Waals surface area contributed by atoms with Crippen molar-refractivity contribution in [3.8, 4) is 0 Å². The van der Waals surface area contributed by atoms with E-state index in [9.17, 15) is 4.79 Å². The number of hydrogen-bond acceptors (Lipinski definition) is 5. The molecule has 0 unspecified atom stereocenters. The van der Waals surface area contributed by atoms with Crippen molar-refractivity contribution in [2.45, 2.75) is 17.8 Å². The van der Waals surface area contributed by atoms with E-state index in [1.807, 2.05) is 19.1 Å². The van der Waals surface area contributed by atoms with Crippen LogP contribution in [0, 0.1) is 6.92 Å². The lowest BCUT2D eigenvalue weighted by atomic mass is 10.2. The third-order valence-electron chi connectivity index (χ3n) is 3.11. The number of aromatic amines is 1. The lowest BCUT2D eigenvalue weighted by molar-refractivity contribution is 0.0598. The van der Waals surface area contributed by atoms with Gasteiger partial charge >= 0.3 is 5.97 Å². The van der Waals surface area contributed by atoms with E-state index in [-0.39, 0.29) is 5.97 Å². The van der Waals surface area contributed by atoms with Crippen LogP contribution in [0.25, 0.3) is 11.0 Å². The number of hydrogen-bond donors (Lipinski definition) is 1. The van der Waals surface area contributed by atoms with E-state index in [0.29, 0.717) is 17.1 Å².